The Kier molecular flexibility index (Phi) is 5.43. The van der Waals surface area contributed by atoms with Gasteiger partial charge in [0.15, 0.2) is 0 Å². The maximum absolute atomic E-state index is 13.0. The van der Waals surface area contributed by atoms with Gasteiger partial charge in [-0.2, -0.15) is 0 Å². The number of amides is 1. The third-order valence-electron chi connectivity index (χ3n) is 4.18. The van der Waals surface area contributed by atoms with E-state index in [4.69, 9.17) is 0 Å². The van der Waals surface area contributed by atoms with Crippen molar-refractivity contribution < 1.29 is 9.18 Å². The Hall–Kier alpha value is -1.98. The quantitative estimate of drug-likeness (QED) is 0.792. The zero-order valence-corrected chi connectivity index (χ0v) is 14.6. The van der Waals surface area contributed by atoms with E-state index in [-0.39, 0.29) is 11.7 Å². The Bertz CT molecular complexity index is 723. The molecule has 2 aromatic rings. The van der Waals surface area contributed by atoms with Crippen molar-refractivity contribution in [2.45, 2.75) is 6.42 Å². The Labute approximate surface area is 146 Å². The third-order valence-corrected chi connectivity index (χ3v) is 5.28. The SMILES string of the molecule is CN1CCCN(C(=O)/C=C/c2ccc(-c3ccc(F)cc3)s2)CC1. The number of halogens is 1. The molecule has 0 unspecified atom stereocenters. The van der Waals surface area contributed by atoms with E-state index < -0.39 is 0 Å². The molecule has 1 aromatic carbocycles. The van der Waals surface area contributed by atoms with E-state index in [1.54, 1.807) is 29.5 Å². The number of carbonyl (C=O) groups is 1. The van der Waals surface area contributed by atoms with Gasteiger partial charge in [0.05, 0.1) is 0 Å². The lowest BCUT2D eigenvalue weighted by Crippen LogP contribution is -2.33. The first kappa shape index (κ1) is 16.9. The van der Waals surface area contributed by atoms with Gasteiger partial charge >= 0.3 is 0 Å². The summed E-state index contributed by atoms with van der Waals surface area (Å²) in [7, 11) is 2.09. The van der Waals surface area contributed by atoms with Crippen molar-refractivity contribution in [2.75, 3.05) is 33.2 Å². The van der Waals surface area contributed by atoms with E-state index in [1.165, 1.54) is 12.1 Å². The highest BCUT2D eigenvalue weighted by Crippen LogP contribution is 2.28. The molecular weight excluding hydrogens is 323 g/mol. The predicted octanol–water partition coefficient (Wildman–Crippen LogP) is 3.73. The number of nitrogens with zero attached hydrogens (tertiary/aromatic N) is 2. The molecule has 0 spiro atoms. The zero-order chi connectivity index (χ0) is 16.9. The van der Waals surface area contributed by atoms with Crippen LogP contribution in [0.1, 0.15) is 11.3 Å². The Balaban J connectivity index is 1.64. The van der Waals surface area contributed by atoms with Gasteiger partial charge in [0, 0.05) is 35.5 Å². The minimum atomic E-state index is -0.232. The number of benzene rings is 1. The van der Waals surface area contributed by atoms with Crippen LogP contribution in [0.25, 0.3) is 16.5 Å². The fourth-order valence-electron chi connectivity index (χ4n) is 2.74. The molecule has 126 valence electrons. The predicted molar refractivity (Wildman–Crippen MR) is 97.4 cm³/mol. The first-order valence-corrected chi connectivity index (χ1v) is 8.95. The average molecular weight is 344 g/mol. The largest absolute Gasteiger partial charge is 0.338 e. The van der Waals surface area contributed by atoms with Crippen LogP contribution in [-0.4, -0.2) is 48.9 Å². The summed E-state index contributed by atoms with van der Waals surface area (Å²) >= 11 is 1.60. The number of rotatable bonds is 3. The normalized spacial score (nSPS) is 16.5. The van der Waals surface area contributed by atoms with Gasteiger partial charge in [-0.05, 0) is 55.9 Å². The molecule has 0 bridgehead atoms. The summed E-state index contributed by atoms with van der Waals surface area (Å²) in [4.78, 5) is 18.6. The van der Waals surface area contributed by atoms with Crippen LogP contribution in [-0.2, 0) is 4.79 Å². The van der Waals surface area contributed by atoms with Crippen molar-refractivity contribution in [3.05, 3.63) is 53.2 Å². The number of likely N-dealkylation sites (N-methyl/N-ethyl adjacent to an activating group) is 1. The van der Waals surface area contributed by atoms with Gasteiger partial charge in [0.1, 0.15) is 5.82 Å². The molecule has 0 atom stereocenters. The van der Waals surface area contributed by atoms with Gasteiger partial charge in [-0.3, -0.25) is 4.79 Å². The van der Waals surface area contributed by atoms with Gasteiger partial charge in [0.25, 0.3) is 0 Å². The average Bonchev–Trinajstić information content (AvgIpc) is 2.94. The Morgan fingerprint density at radius 3 is 2.67 bits per heavy atom. The molecule has 1 saturated heterocycles. The molecule has 0 N–H and O–H groups in total. The molecule has 1 aromatic heterocycles. The highest BCUT2D eigenvalue weighted by molar-refractivity contribution is 7.16. The van der Waals surface area contributed by atoms with Crippen molar-refractivity contribution >= 4 is 23.3 Å². The van der Waals surface area contributed by atoms with E-state index in [2.05, 4.69) is 11.9 Å². The molecule has 0 radical (unpaired) electrons. The van der Waals surface area contributed by atoms with Crippen molar-refractivity contribution in [3.8, 4) is 10.4 Å². The molecule has 1 fully saturated rings. The fraction of sp³-hybridized carbons (Fsp3) is 0.316. The number of thiophene rings is 1. The second-order valence-corrected chi connectivity index (χ2v) is 7.14. The van der Waals surface area contributed by atoms with Gasteiger partial charge < -0.3 is 9.80 Å². The monoisotopic (exact) mass is 344 g/mol. The van der Waals surface area contributed by atoms with E-state index in [0.29, 0.717) is 0 Å². The first-order chi connectivity index (χ1) is 11.6. The van der Waals surface area contributed by atoms with Crippen molar-refractivity contribution in [2.24, 2.45) is 0 Å². The lowest BCUT2D eigenvalue weighted by Gasteiger charge is -2.18. The van der Waals surface area contributed by atoms with Crippen molar-refractivity contribution in [1.29, 1.82) is 0 Å². The number of hydrogen-bond donors (Lipinski definition) is 0. The summed E-state index contributed by atoms with van der Waals surface area (Å²) < 4.78 is 13.0. The molecule has 3 rings (SSSR count). The van der Waals surface area contributed by atoms with Gasteiger partial charge in [-0.15, -0.1) is 11.3 Å². The summed E-state index contributed by atoms with van der Waals surface area (Å²) in [6.45, 7) is 3.57. The maximum Gasteiger partial charge on any atom is 0.246 e. The van der Waals surface area contributed by atoms with E-state index in [1.807, 2.05) is 23.1 Å². The zero-order valence-electron chi connectivity index (χ0n) is 13.7. The van der Waals surface area contributed by atoms with Crippen molar-refractivity contribution in [1.82, 2.24) is 9.80 Å². The summed E-state index contributed by atoms with van der Waals surface area (Å²) in [5, 5.41) is 0. The van der Waals surface area contributed by atoms with E-state index in [0.717, 1.165) is 47.9 Å². The maximum atomic E-state index is 13.0. The summed E-state index contributed by atoms with van der Waals surface area (Å²) in [5.41, 5.74) is 0.989. The van der Waals surface area contributed by atoms with Gasteiger partial charge in [-0.25, -0.2) is 4.39 Å². The second-order valence-electron chi connectivity index (χ2n) is 6.02. The Morgan fingerprint density at radius 1 is 1.08 bits per heavy atom. The first-order valence-electron chi connectivity index (χ1n) is 8.13. The van der Waals surface area contributed by atoms with Crippen LogP contribution >= 0.6 is 11.3 Å². The number of hydrogen-bond acceptors (Lipinski definition) is 3. The van der Waals surface area contributed by atoms with Crippen LogP contribution in [0, 0.1) is 5.82 Å². The highest BCUT2D eigenvalue weighted by Gasteiger charge is 2.15. The molecule has 1 aliphatic heterocycles. The minimum absolute atomic E-state index is 0.0713. The highest BCUT2D eigenvalue weighted by atomic mass is 32.1. The second kappa shape index (κ2) is 7.73. The standard InChI is InChI=1S/C19H21FN2OS/c1-21-11-2-12-22(14-13-21)19(23)10-8-17-7-9-18(24-17)15-3-5-16(20)6-4-15/h3-10H,2,11-14H2,1H3/b10-8+. The summed E-state index contributed by atoms with van der Waals surface area (Å²) in [6, 6.07) is 10.5. The minimum Gasteiger partial charge on any atom is -0.338 e. The summed E-state index contributed by atoms with van der Waals surface area (Å²) in [5.74, 6) is -0.161. The van der Waals surface area contributed by atoms with Gasteiger partial charge in [-0.1, -0.05) is 12.1 Å². The molecular formula is C19H21FN2OS. The van der Waals surface area contributed by atoms with Crippen LogP contribution in [0.5, 0.6) is 0 Å². The summed E-state index contributed by atoms with van der Waals surface area (Å²) in [6.07, 6.45) is 4.55. The van der Waals surface area contributed by atoms with Crippen LogP contribution < -0.4 is 0 Å². The fourth-order valence-corrected chi connectivity index (χ4v) is 3.65. The molecule has 0 aliphatic carbocycles. The molecule has 3 nitrogen and oxygen atoms in total. The topological polar surface area (TPSA) is 23.6 Å². The van der Waals surface area contributed by atoms with Crippen LogP contribution in [0.2, 0.25) is 0 Å². The van der Waals surface area contributed by atoms with Crippen LogP contribution in [0.15, 0.2) is 42.5 Å². The molecule has 2 heterocycles. The van der Waals surface area contributed by atoms with Crippen molar-refractivity contribution in [3.63, 3.8) is 0 Å². The van der Waals surface area contributed by atoms with E-state index in [9.17, 15) is 9.18 Å². The van der Waals surface area contributed by atoms with Gasteiger partial charge in [0.2, 0.25) is 5.91 Å². The number of carbonyl (C=O) groups excluding carboxylic acids is 1. The van der Waals surface area contributed by atoms with E-state index >= 15 is 0 Å². The smallest absolute Gasteiger partial charge is 0.246 e. The lowest BCUT2D eigenvalue weighted by atomic mass is 10.2. The third kappa shape index (κ3) is 4.30. The lowest BCUT2D eigenvalue weighted by molar-refractivity contribution is -0.125. The van der Waals surface area contributed by atoms with Crippen LogP contribution in [0.4, 0.5) is 4.39 Å². The Morgan fingerprint density at radius 2 is 1.88 bits per heavy atom. The molecule has 1 aliphatic rings. The molecule has 24 heavy (non-hydrogen) atoms. The molecule has 0 saturated carbocycles. The molecule has 5 heteroatoms. The molecule has 1 amide bonds. The van der Waals surface area contributed by atoms with Crippen LogP contribution in [0.3, 0.4) is 0 Å².